The molecule has 23 heavy (non-hydrogen) atoms. The fourth-order valence-electron chi connectivity index (χ4n) is 1.62. The zero-order valence-electron chi connectivity index (χ0n) is 11.9. The van der Waals surface area contributed by atoms with Gasteiger partial charge in [0.25, 0.3) is 5.91 Å². The van der Waals surface area contributed by atoms with Gasteiger partial charge >= 0.3 is 5.97 Å². The van der Waals surface area contributed by atoms with Crippen LogP contribution in [0.2, 0.25) is 5.02 Å². The lowest BCUT2D eigenvalue weighted by Crippen LogP contribution is -2.22. The highest BCUT2D eigenvalue weighted by Gasteiger charge is 2.11. The van der Waals surface area contributed by atoms with Crippen LogP contribution in [0.15, 0.2) is 53.4 Å². The van der Waals surface area contributed by atoms with E-state index in [1.165, 1.54) is 23.9 Å². The second-order valence-corrected chi connectivity index (χ2v) is 5.92. The molecule has 0 aromatic heterocycles. The average molecular weight is 354 g/mol. The summed E-state index contributed by atoms with van der Waals surface area (Å²) in [4.78, 5) is 24.1. The first-order chi connectivity index (χ1) is 11.0. The summed E-state index contributed by atoms with van der Waals surface area (Å²) in [5.74, 6) is -1.71. The summed E-state index contributed by atoms with van der Waals surface area (Å²) in [6.45, 7) is -0.476. The molecule has 0 heterocycles. The Bertz CT molecular complexity index is 697. The number of ether oxygens (including phenoxy) is 1. The van der Waals surface area contributed by atoms with Gasteiger partial charge in [-0.05, 0) is 30.3 Å². The van der Waals surface area contributed by atoms with E-state index in [1.54, 1.807) is 0 Å². The van der Waals surface area contributed by atoms with Crippen LogP contribution < -0.4 is 5.32 Å². The van der Waals surface area contributed by atoms with Crippen LogP contribution in [0.4, 0.5) is 10.1 Å². The lowest BCUT2D eigenvalue weighted by Gasteiger charge is -2.07. The Kier molecular flexibility index (Phi) is 6.43. The maximum absolute atomic E-state index is 13.5. The van der Waals surface area contributed by atoms with Crippen LogP contribution in [0.5, 0.6) is 0 Å². The highest BCUT2D eigenvalue weighted by atomic mass is 35.5. The van der Waals surface area contributed by atoms with Crippen LogP contribution in [0.3, 0.4) is 0 Å². The third-order valence-electron chi connectivity index (χ3n) is 2.67. The Morgan fingerprint density at radius 3 is 2.61 bits per heavy atom. The normalized spacial score (nSPS) is 10.2. The van der Waals surface area contributed by atoms with Crippen molar-refractivity contribution in [2.24, 2.45) is 0 Å². The number of nitrogens with one attached hydrogen (secondary N) is 1. The molecular formula is C16H13ClFNO3S. The van der Waals surface area contributed by atoms with Crippen LogP contribution in [-0.2, 0) is 14.3 Å². The van der Waals surface area contributed by atoms with Gasteiger partial charge in [-0.1, -0.05) is 29.8 Å². The Hall–Kier alpha value is -2.05. The highest BCUT2D eigenvalue weighted by Crippen LogP contribution is 2.19. The summed E-state index contributed by atoms with van der Waals surface area (Å²) in [6, 6.07) is 13.2. The van der Waals surface area contributed by atoms with Gasteiger partial charge in [-0.3, -0.25) is 9.59 Å². The predicted octanol–water partition coefficient (Wildman–Crippen LogP) is 3.75. The topological polar surface area (TPSA) is 55.4 Å². The van der Waals surface area contributed by atoms with E-state index in [4.69, 9.17) is 16.3 Å². The van der Waals surface area contributed by atoms with Gasteiger partial charge in [0, 0.05) is 9.92 Å². The number of benzene rings is 2. The molecule has 2 rings (SSSR count). The fraction of sp³-hybridized carbons (Fsp3) is 0.125. The quantitative estimate of drug-likeness (QED) is 0.634. The summed E-state index contributed by atoms with van der Waals surface area (Å²) in [5.41, 5.74) is -0.0193. The van der Waals surface area contributed by atoms with E-state index in [0.29, 0.717) is 0 Å². The van der Waals surface area contributed by atoms with Crippen LogP contribution in [-0.4, -0.2) is 24.2 Å². The molecule has 0 atom stereocenters. The summed E-state index contributed by atoms with van der Waals surface area (Å²) in [5, 5.41) is 2.54. The van der Waals surface area contributed by atoms with Crippen molar-refractivity contribution in [3.8, 4) is 0 Å². The minimum Gasteiger partial charge on any atom is -0.455 e. The summed E-state index contributed by atoms with van der Waals surface area (Å²) in [6.07, 6.45) is 0. The molecule has 2 aromatic carbocycles. The molecule has 0 saturated carbocycles. The van der Waals surface area contributed by atoms with E-state index in [0.717, 1.165) is 11.0 Å². The van der Waals surface area contributed by atoms with Gasteiger partial charge < -0.3 is 10.1 Å². The van der Waals surface area contributed by atoms with Gasteiger partial charge in [-0.15, -0.1) is 11.8 Å². The first-order valence-corrected chi connectivity index (χ1v) is 7.99. The zero-order chi connectivity index (χ0) is 16.7. The van der Waals surface area contributed by atoms with Crippen molar-refractivity contribution in [2.75, 3.05) is 17.7 Å². The molecule has 0 aliphatic carbocycles. The molecule has 120 valence electrons. The van der Waals surface area contributed by atoms with Crippen molar-refractivity contribution in [1.29, 1.82) is 0 Å². The van der Waals surface area contributed by atoms with Crippen molar-refractivity contribution in [2.45, 2.75) is 4.90 Å². The zero-order valence-corrected chi connectivity index (χ0v) is 13.5. The van der Waals surface area contributed by atoms with E-state index in [2.05, 4.69) is 5.32 Å². The van der Waals surface area contributed by atoms with Crippen molar-refractivity contribution in [1.82, 2.24) is 0 Å². The second-order valence-electron chi connectivity index (χ2n) is 4.43. The Morgan fingerprint density at radius 1 is 1.17 bits per heavy atom. The standard InChI is InChI=1S/C16H13ClFNO3S/c17-11-6-7-14(13(18)8-11)19-15(20)9-22-16(21)10-23-12-4-2-1-3-5-12/h1-8H,9-10H2,(H,19,20). The fourth-order valence-corrected chi connectivity index (χ4v) is 2.50. The molecule has 0 aliphatic rings. The Morgan fingerprint density at radius 2 is 1.91 bits per heavy atom. The number of thioether (sulfide) groups is 1. The molecule has 0 saturated heterocycles. The second kappa shape index (κ2) is 8.55. The molecule has 0 aliphatic heterocycles. The molecule has 4 nitrogen and oxygen atoms in total. The third kappa shape index (κ3) is 5.92. The van der Waals surface area contributed by atoms with Gasteiger partial charge in [-0.25, -0.2) is 4.39 Å². The number of rotatable bonds is 6. The van der Waals surface area contributed by atoms with Gasteiger partial charge in [0.15, 0.2) is 6.61 Å². The average Bonchev–Trinajstić information content (AvgIpc) is 2.54. The number of hydrogen-bond acceptors (Lipinski definition) is 4. The first kappa shape index (κ1) is 17.3. The summed E-state index contributed by atoms with van der Waals surface area (Å²) < 4.78 is 18.3. The van der Waals surface area contributed by atoms with E-state index >= 15 is 0 Å². The number of hydrogen-bond donors (Lipinski definition) is 1. The molecule has 0 unspecified atom stereocenters. The van der Waals surface area contributed by atoms with E-state index in [-0.39, 0.29) is 16.5 Å². The van der Waals surface area contributed by atoms with Gasteiger partial charge in [0.05, 0.1) is 11.4 Å². The van der Waals surface area contributed by atoms with Gasteiger partial charge in [-0.2, -0.15) is 0 Å². The van der Waals surface area contributed by atoms with Crippen molar-refractivity contribution < 1.29 is 18.7 Å². The van der Waals surface area contributed by atoms with E-state index in [9.17, 15) is 14.0 Å². The molecule has 0 radical (unpaired) electrons. The maximum Gasteiger partial charge on any atom is 0.316 e. The van der Waals surface area contributed by atoms with Crippen molar-refractivity contribution >= 4 is 40.9 Å². The summed E-state index contributed by atoms with van der Waals surface area (Å²) in [7, 11) is 0. The van der Waals surface area contributed by atoms with Crippen molar-refractivity contribution in [3.63, 3.8) is 0 Å². The lowest BCUT2D eigenvalue weighted by atomic mass is 10.3. The molecule has 0 spiro atoms. The number of amides is 1. The highest BCUT2D eigenvalue weighted by molar-refractivity contribution is 8.00. The van der Waals surface area contributed by atoms with Crippen molar-refractivity contribution in [3.05, 3.63) is 59.4 Å². The number of halogens is 2. The molecule has 0 fully saturated rings. The summed E-state index contributed by atoms with van der Waals surface area (Å²) >= 11 is 6.92. The predicted molar refractivity (Wildman–Crippen MR) is 88.2 cm³/mol. The number of carbonyl (C=O) groups excluding carboxylic acids is 2. The number of anilines is 1. The molecule has 1 amide bonds. The number of esters is 1. The number of carbonyl (C=O) groups is 2. The molecule has 0 bridgehead atoms. The SMILES string of the molecule is O=C(COC(=O)CSc1ccccc1)Nc1ccc(Cl)cc1F. The largest absolute Gasteiger partial charge is 0.455 e. The first-order valence-electron chi connectivity index (χ1n) is 6.63. The smallest absolute Gasteiger partial charge is 0.316 e. The molecule has 2 aromatic rings. The lowest BCUT2D eigenvalue weighted by molar-refractivity contribution is -0.144. The molecule has 7 heteroatoms. The maximum atomic E-state index is 13.5. The Balaban J connectivity index is 1.74. The van der Waals surface area contributed by atoms with Gasteiger partial charge in [0.2, 0.25) is 0 Å². The van der Waals surface area contributed by atoms with Crippen LogP contribution in [0.1, 0.15) is 0 Å². The third-order valence-corrected chi connectivity index (χ3v) is 3.89. The van der Waals surface area contributed by atoms with Crippen LogP contribution in [0.25, 0.3) is 0 Å². The minimum atomic E-state index is -0.656. The Labute approximate surface area is 142 Å². The monoisotopic (exact) mass is 353 g/mol. The van der Waals surface area contributed by atoms with Gasteiger partial charge in [0.1, 0.15) is 5.82 Å². The minimum absolute atomic E-state index is 0.0193. The van der Waals surface area contributed by atoms with E-state index in [1.807, 2.05) is 30.3 Å². The van der Waals surface area contributed by atoms with E-state index < -0.39 is 24.3 Å². The van der Waals surface area contributed by atoms with Crippen LogP contribution >= 0.6 is 23.4 Å². The van der Waals surface area contributed by atoms with Crippen LogP contribution in [0, 0.1) is 5.82 Å². The molecular weight excluding hydrogens is 341 g/mol. The molecule has 1 N–H and O–H groups in total.